The number of carboxylic acid groups (broad SMARTS) is 1. The molecule has 2 amide bonds. The van der Waals surface area contributed by atoms with Crippen molar-refractivity contribution in [3.05, 3.63) is 89.2 Å². The summed E-state index contributed by atoms with van der Waals surface area (Å²) >= 11 is 0. The summed E-state index contributed by atoms with van der Waals surface area (Å²) in [5.74, 6) is -2.43. The molecule has 0 aliphatic carbocycles. The molecule has 0 radical (unpaired) electrons. The van der Waals surface area contributed by atoms with Gasteiger partial charge in [0.15, 0.2) is 11.6 Å². The normalized spacial score (nSPS) is 14.8. The molecule has 0 fully saturated rings. The van der Waals surface area contributed by atoms with E-state index in [1.165, 1.54) is 17.0 Å². The second-order valence-electron chi connectivity index (χ2n) is 7.19. The maximum Gasteiger partial charge on any atom is 0.408 e. The fourth-order valence-electron chi connectivity index (χ4n) is 3.66. The van der Waals surface area contributed by atoms with Gasteiger partial charge in [-0.3, -0.25) is 14.7 Å². The van der Waals surface area contributed by atoms with E-state index < -0.39 is 29.7 Å². The molecule has 164 valence electrons. The summed E-state index contributed by atoms with van der Waals surface area (Å²) in [5.41, 5.74) is 1.39. The molecule has 1 aliphatic rings. The molecule has 4 rings (SSSR count). The van der Waals surface area contributed by atoms with Crippen LogP contribution in [-0.2, 0) is 6.54 Å². The number of fused-ring (bicyclic) bond motifs is 1. The Kier molecular flexibility index (Phi) is 5.98. The summed E-state index contributed by atoms with van der Waals surface area (Å²) in [6.45, 7) is 0.282. The number of nitrogens with one attached hydrogen (secondary N) is 1. The van der Waals surface area contributed by atoms with Crippen LogP contribution in [0.5, 0.6) is 5.75 Å². The van der Waals surface area contributed by atoms with Gasteiger partial charge in [0.25, 0.3) is 5.91 Å². The van der Waals surface area contributed by atoms with Crippen LogP contribution in [0.15, 0.2) is 60.8 Å². The van der Waals surface area contributed by atoms with Gasteiger partial charge in [0.1, 0.15) is 5.75 Å². The van der Waals surface area contributed by atoms with Crippen LogP contribution in [0.4, 0.5) is 19.3 Å². The molecule has 1 unspecified atom stereocenters. The smallest absolute Gasteiger partial charge is 0.408 e. The number of aromatic nitrogens is 1. The lowest BCUT2D eigenvalue weighted by atomic mass is 9.95. The summed E-state index contributed by atoms with van der Waals surface area (Å²) in [4.78, 5) is 30.3. The zero-order valence-corrected chi connectivity index (χ0v) is 16.8. The number of anilines is 1. The molecule has 0 bridgehead atoms. The largest absolute Gasteiger partial charge is 0.492 e. The predicted octanol–water partition coefficient (Wildman–Crippen LogP) is 4.62. The summed E-state index contributed by atoms with van der Waals surface area (Å²) in [5, 5.41) is 12.4. The van der Waals surface area contributed by atoms with E-state index in [1.54, 1.807) is 36.5 Å². The Labute approximate surface area is 182 Å². The predicted molar refractivity (Wildman–Crippen MR) is 111 cm³/mol. The topological polar surface area (TPSA) is 91.8 Å². The van der Waals surface area contributed by atoms with E-state index in [9.17, 15) is 23.5 Å². The minimum Gasteiger partial charge on any atom is -0.492 e. The number of hydrogen-bond donors (Lipinski definition) is 2. The molecule has 0 saturated heterocycles. The molecule has 3 aromatic rings. The van der Waals surface area contributed by atoms with Gasteiger partial charge in [-0.25, -0.2) is 13.6 Å². The van der Waals surface area contributed by atoms with Crippen molar-refractivity contribution in [2.45, 2.75) is 19.0 Å². The Hall–Kier alpha value is -4.01. The fraction of sp³-hybridized carbons (Fsp3) is 0.174. The molecule has 32 heavy (non-hydrogen) atoms. The van der Waals surface area contributed by atoms with E-state index in [0.717, 1.165) is 12.1 Å². The number of hydrogen-bond acceptors (Lipinski definition) is 4. The van der Waals surface area contributed by atoms with Gasteiger partial charge in [0, 0.05) is 29.9 Å². The van der Waals surface area contributed by atoms with E-state index in [1.807, 2.05) is 0 Å². The Morgan fingerprint density at radius 2 is 1.97 bits per heavy atom. The van der Waals surface area contributed by atoms with Gasteiger partial charge in [-0.05, 0) is 30.3 Å². The van der Waals surface area contributed by atoms with Crippen molar-refractivity contribution in [1.29, 1.82) is 0 Å². The summed E-state index contributed by atoms with van der Waals surface area (Å²) in [6, 6.07) is 12.6. The number of nitrogens with zero attached hydrogens (tertiary/aromatic N) is 2. The number of halogens is 2. The Morgan fingerprint density at radius 3 is 2.69 bits per heavy atom. The van der Waals surface area contributed by atoms with Crippen LogP contribution in [0, 0.1) is 11.6 Å². The highest BCUT2D eigenvalue weighted by molar-refractivity contribution is 6.06. The highest BCUT2D eigenvalue weighted by Crippen LogP contribution is 2.39. The SMILES string of the molecule is O=C(Nc1ccc(F)c(F)c1)c1cccc2c1OCCC2N(Cc1ccccn1)C(=O)O. The third-order valence-corrected chi connectivity index (χ3v) is 5.14. The number of amides is 2. The summed E-state index contributed by atoms with van der Waals surface area (Å²) < 4.78 is 32.4. The first-order chi connectivity index (χ1) is 15.4. The van der Waals surface area contributed by atoms with Gasteiger partial charge in [0.05, 0.1) is 30.5 Å². The zero-order chi connectivity index (χ0) is 22.7. The molecule has 2 N–H and O–H groups in total. The minimum atomic E-state index is -1.12. The number of pyridine rings is 1. The molecule has 1 aromatic heterocycles. The van der Waals surface area contributed by atoms with Crippen molar-refractivity contribution in [2.75, 3.05) is 11.9 Å². The molecular weight excluding hydrogens is 420 g/mol. The maximum atomic E-state index is 13.5. The molecule has 7 nitrogen and oxygen atoms in total. The van der Waals surface area contributed by atoms with Crippen LogP contribution >= 0.6 is 0 Å². The van der Waals surface area contributed by atoms with E-state index in [2.05, 4.69) is 10.3 Å². The molecule has 1 atom stereocenters. The monoisotopic (exact) mass is 439 g/mol. The summed E-state index contributed by atoms with van der Waals surface area (Å²) in [7, 11) is 0. The van der Waals surface area contributed by atoms with Gasteiger partial charge in [-0.2, -0.15) is 0 Å². The Morgan fingerprint density at radius 1 is 1.12 bits per heavy atom. The van der Waals surface area contributed by atoms with Gasteiger partial charge >= 0.3 is 6.09 Å². The second kappa shape index (κ2) is 9.01. The third kappa shape index (κ3) is 4.36. The number of para-hydroxylation sites is 1. The van der Waals surface area contributed by atoms with Crippen molar-refractivity contribution in [1.82, 2.24) is 9.88 Å². The maximum absolute atomic E-state index is 13.5. The highest BCUT2D eigenvalue weighted by Gasteiger charge is 2.33. The van der Waals surface area contributed by atoms with Crippen LogP contribution in [0.25, 0.3) is 0 Å². The molecule has 0 saturated carbocycles. The average Bonchev–Trinajstić information content (AvgIpc) is 2.79. The number of rotatable bonds is 5. The number of benzene rings is 2. The van der Waals surface area contributed by atoms with Crippen molar-refractivity contribution < 1.29 is 28.2 Å². The lowest BCUT2D eigenvalue weighted by Crippen LogP contribution is -2.36. The molecule has 1 aliphatic heterocycles. The first-order valence-corrected chi connectivity index (χ1v) is 9.85. The van der Waals surface area contributed by atoms with E-state index in [0.29, 0.717) is 17.7 Å². The van der Waals surface area contributed by atoms with Crippen LogP contribution in [0.1, 0.15) is 34.1 Å². The first kappa shape index (κ1) is 21.2. The lowest BCUT2D eigenvalue weighted by Gasteiger charge is -2.34. The van der Waals surface area contributed by atoms with Crippen LogP contribution in [0.2, 0.25) is 0 Å². The van der Waals surface area contributed by atoms with E-state index >= 15 is 0 Å². The number of ether oxygens (including phenoxy) is 1. The van der Waals surface area contributed by atoms with Crippen molar-refractivity contribution in [2.24, 2.45) is 0 Å². The molecule has 2 aromatic carbocycles. The Balaban J connectivity index is 1.63. The van der Waals surface area contributed by atoms with Gasteiger partial charge in [-0.1, -0.05) is 18.2 Å². The first-order valence-electron chi connectivity index (χ1n) is 9.85. The van der Waals surface area contributed by atoms with E-state index in [4.69, 9.17) is 4.74 Å². The second-order valence-corrected chi connectivity index (χ2v) is 7.19. The Bertz CT molecular complexity index is 1160. The van der Waals surface area contributed by atoms with Crippen LogP contribution in [0.3, 0.4) is 0 Å². The van der Waals surface area contributed by atoms with Gasteiger partial charge in [0.2, 0.25) is 0 Å². The van der Waals surface area contributed by atoms with Crippen molar-refractivity contribution in [3.63, 3.8) is 0 Å². The van der Waals surface area contributed by atoms with Crippen LogP contribution < -0.4 is 10.1 Å². The zero-order valence-electron chi connectivity index (χ0n) is 16.8. The minimum absolute atomic E-state index is 0.0750. The lowest BCUT2D eigenvalue weighted by molar-refractivity contribution is 0.0983. The number of carbonyl (C=O) groups excluding carboxylic acids is 1. The molecule has 9 heteroatoms. The van der Waals surface area contributed by atoms with Crippen molar-refractivity contribution >= 4 is 17.7 Å². The van der Waals surface area contributed by atoms with Crippen LogP contribution in [-0.4, -0.2) is 33.6 Å². The van der Waals surface area contributed by atoms with E-state index in [-0.39, 0.29) is 30.2 Å². The van der Waals surface area contributed by atoms with Crippen molar-refractivity contribution in [3.8, 4) is 5.75 Å². The van der Waals surface area contributed by atoms with Gasteiger partial charge in [-0.15, -0.1) is 0 Å². The number of carbonyl (C=O) groups is 2. The summed E-state index contributed by atoms with van der Waals surface area (Å²) in [6.07, 6.45) is 0.874. The molecular formula is C23H19F2N3O4. The quantitative estimate of drug-likeness (QED) is 0.606. The standard InChI is InChI=1S/C23H19F2N3O4/c24-18-8-7-14(12-19(18)25)27-22(29)17-6-3-5-16-20(9-11-32-21(16)17)28(23(30)31)13-15-4-1-2-10-26-15/h1-8,10,12,20H,9,11,13H2,(H,27,29)(H,30,31). The highest BCUT2D eigenvalue weighted by atomic mass is 19.2. The third-order valence-electron chi connectivity index (χ3n) is 5.14. The van der Waals surface area contributed by atoms with Gasteiger partial charge < -0.3 is 15.2 Å². The fourth-order valence-corrected chi connectivity index (χ4v) is 3.66. The molecule has 0 spiro atoms. The molecule has 2 heterocycles. The average molecular weight is 439 g/mol.